The van der Waals surface area contributed by atoms with Gasteiger partial charge in [0.25, 0.3) is 0 Å². The van der Waals surface area contributed by atoms with Crippen LogP contribution in [0.15, 0.2) is 28.7 Å². The van der Waals surface area contributed by atoms with Crippen LogP contribution < -0.4 is 5.73 Å². The highest BCUT2D eigenvalue weighted by molar-refractivity contribution is 9.10. The number of methoxy groups -OCH3 is 1. The van der Waals surface area contributed by atoms with Gasteiger partial charge in [0.1, 0.15) is 0 Å². The highest BCUT2D eigenvalue weighted by Gasteiger charge is 2.09. The summed E-state index contributed by atoms with van der Waals surface area (Å²) in [4.78, 5) is 0. The summed E-state index contributed by atoms with van der Waals surface area (Å²) >= 11 is 5.34. The molecule has 0 aromatic heterocycles. The molecule has 0 saturated carbocycles. The van der Waals surface area contributed by atoms with Gasteiger partial charge in [-0.1, -0.05) is 28.1 Å². The number of hydrogen-bond acceptors (Lipinski definition) is 3. The average Bonchev–Trinajstić information content (AvgIpc) is 2.31. The Labute approximate surface area is 110 Å². The molecule has 0 aliphatic heterocycles. The summed E-state index contributed by atoms with van der Waals surface area (Å²) in [7, 11) is 1.74. The SMILES string of the molecule is COCCCSC(CN)c1ccc(Br)cc1. The predicted octanol–water partition coefficient (Wildman–Crippen LogP) is 3.22. The monoisotopic (exact) mass is 303 g/mol. The maximum absolute atomic E-state index is 5.79. The lowest BCUT2D eigenvalue weighted by Gasteiger charge is -2.14. The summed E-state index contributed by atoms with van der Waals surface area (Å²) in [5, 5.41) is 0.393. The third-order valence-electron chi connectivity index (χ3n) is 2.27. The zero-order valence-corrected chi connectivity index (χ0v) is 11.9. The quantitative estimate of drug-likeness (QED) is 0.786. The Morgan fingerprint density at radius 1 is 1.38 bits per heavy atom. The van der Waals surface area contributed by atoms with E-state index in [1.807, 2.05) is 11.8 Å². The second-order valence-corrected chi connectivity index (χ2v) is 5.72. The number of rotatable bonds is 7. The number of nitrogens with two attached hydrogens (primary N) is 1. The fraction of sp³-hybridized carbons (Fsp3) is 0.500. The van der Waals surface area contributed by atoms with Crippen LogP contribution in [-0.4, -0.2) is 26.0 Å². The maximum Gasteiger partial charge on any atom is 0.0470 e. The van der Waals surface area contributed by atoms with E-state index in [0.717, 1.165) is 23.3 Å². The van der Waals surface area contributed by atoms with Crippen molar-refractivity contribution in [2.45, 2.75) is 11.7 Å². The minimum Gasteiger partial charge on any atom is -0.385 e. The fourth-order valence-electron chi connectivity index (χ4n) is 1.41. The zero-order chi connectivity index (χ0) is 11.8. The van der Waals surface area contributed by atoms with Crippen LogP contribution >= 0.6 is 27.7 Å². The van der Waals surface area contributed by atoms with Crippen LogP contribution in [0.5, 0.6) is 0 Å². The van der Waals surface area contributed by atoms with Gasteiger partial charge in [-0.2, -0.15) is 11.8 Å². The summed E-state index contributed by atoms with van der Waals surface area (Å²) in [6, 6.07) is 8.39. The molecule has 0 bridgehead atoms. The van der Waals surface area contributed by atoms with Crippen molar-refractivity contribution in [2.24, 2.45) is 5.73 Å². The third-order valence-corrected chi connectivity index (χ3v) is 4.19. The lowest BCUT2D eigenvalue weighted by atomic mass is 10.1. The molecule has 1 aromatic rings. The van der Waals surface area contributed by atoms with Crippen LogP contribution in [0.2, 0.25) is 0 Å². The minimum atomic E-state index is 0.393. The Kier molecular flexibility index (Phi) is 7.12. The molecule has 2 nitrogen and oxygen atoms in total. The van der Waals surface area contributed by atoms with Gasteiger partial charge >= 0.3 is 0 Å². The molecule has 0 saturated heterocycles. The van der Waals surface area contributed by atoms with Crippen molar-refractivity contribution in [1.29, 1.82) is 0 Å². The van der Waals surface area contributed by atoms with Crippen molar-refractivity contribution in [3.63, 3.8) is 0 Å². The first-order chi connectivity index (χ1) is 7.77. The van der Waals surface area contributed by atoms with Crippen LogP contribution in [0, 0.1) is 0 Å². The van der Waals surface area contributed by atoms with Crippen molar-refractivity contribution in [1.82, 2.24) is 0 Å². The highest BCUT2D eigenvalue weighted by atomic mass is 79.9. The summed E-state index contributed by atoms with van der Waals surface area (Å²) < 4.78 is 6.14. The van der Waals surface area contributed by atoms with Crippen LogP contribution in [0.3, 0.4) is 0 Å². The van der Waals surface area contributed by atoms with E-state index in [0.29, 0.717) is 11.8 Å². The smallest absolute Gasteiger partial charge is 0.0470 e. The molecule has 1 atom stereocenters. The van der Waals surface area contributed by atoms with Gasteiger partial charge in [-0.3, -0.25) is 0 Å². The van der Waals surface area contributed by atoms with E-state index in [9.17, 15) is 0 Å². The van der Waals surface area contributed by atoms with Crippen LogP contribution in [0.1, 0.15) is 17.2 Å². The molecular formula is C12H18BrNOS. The van der Waals surface area contributed by atoms with E-state index in [2.05, 4.69) is 40.2 Å². The van der Waals surface area contributed by atoms with Gasteiger partial charge in [-0.05, 0) is 29.9 Å². The Bertz CT molecular complexity index is 292. The maximum atomic E-state index is 5.79. The standard InChI is InChI=1S/C12H18BrNOS/c1-15-7-2-8-16-12(9-14)10-3-5-11(13)6-4-10/h3-6,12H,2,7-9,14H2,1H3. The summed E-state index contributed by atoms with van der Waals surface area (Å²) in [6.07, 6.45) is 1.08. The third kappa shape index (κ3) is 4.87. The molecule has 0 radical (unpaired) electrons. The zero-order valence-electron chi connectivity index (χ0n) is 9.49. The van der Waals surface area contributed by atoms with Crippen molar-refractivity contribution >= 4 is 27.7 Å². The summed E-state index contributed by atoms with van der Waals surface area (Å²) in [6.45, 7) is 1.50. The highest BCUT2D eigenvalue weighted by Crippen LogP contribution is 2.28. The number of thioether (sulfide) groups is 1. The van der Waals surface area contributed by atoms with Gasteiger partial charge in [0, 0.05) is 30.0 Å². The van der Waals surface area contributed by atoms with Gasteiger partial charge in [-0.15, -0.1) is 0 Å². The van der Waals surface area contributed by atoms with E-state index in [-0.39, 0.29) is 0 Å². The van der Waals surface area contributed by atoms with Crippen molar-refractivity contribution in [3.8, 4) is 0 Å². The van der Waals surface area contributed by atoms with Crippen LogP contribution in [0.4, 0.5) is 0 Å². The molecule has 0 heterocycles. The number of hydrogen-bond donors (Lipinski definition) is 1. The largest absolute Gasteiger partial charge is 0.385 e. The number of ether oxygens (including phenoxy) is 1. The van der Waals surface area contributed by atoms with E-state index in [4.69, 9.17) is 10.5 Å². The van der Waals surface area contributed by atoms with Crippen LogP contribution in [-0.2, 0) is 4.74 Å². The molecule has 0 fully saturated rings. The van der Waals surface area contributed by atoms with Crippen molar-refractivity contribution in [2.75, 3.05) is 26.0 Å². The fourth-order valence-corrected chi connectivity index (χ4v) is 2.73. The van der Waals surface area contributed by atoms with E-state index in [1.165, 1.54) is 5.56 Å². The molecule has 1 unspecified atom stereocenters. The summed E-state index contributed by atoms with van der Waals surface area (Å²) in [5.74, 6) is 1.09. The van der Waals surface area contributed by atoms with Gasteiger partial charge in [-0.25, -0.2) is 0 Å². The molecule has 16 heavy (non-hydrogen) atoms. The molecule has 2 N–H and O–H groups in total. The summed E-state index contributed by atoms with van der Waals surface area (Å²) in [5.41, 5.74) is 7.09. The first-order valence-corrected chi connectivity index (χ1v) is 7.18. The molecule has 0 spiro atoms. The molecule has 0 aliphatic carbocycles. The van der Waals surface area contributed by atoms with Gasteiger partial charge in [0.05, 0.1) is 0 Å². The first-order valence-electron chi connectivity index (χ1n) is 5.34. The predicted molar refractivity (Wildman–Crippen MR) is 74.9 cm³/mol. The molecule has 0 aliphatic rings. The molecule has 90 valence electrons. The topological polar surface area (TPSA) is 35.2 Å². The average molecular weight is 304 g/mol. The molecular weight excluding hydrogens is 286 g/mol. The van der Waals surface area contributed by atoms with Crippen LogP contribution in [0.25, 0.3) is 0 Å². The lowest BCUT2D eigenvalue weighted by molar-refractivity contribution is 0.200. The van der Waals surface area contributed by atoms with Gasteiger partial charge in [0.15, 0.2) is 0 Å². The second kappa shape index (κ2) is 8.12. The van der Waals surface area contributed by atoms with Crippen molar-refractivity contribution < 1.29 is 4.74 Å². The molecule has 0 amide bonds. The number of halogens is 1. The minimum absolute atomic E-state index is 0.393. The normalized spacial score (nSPS) is 12.7. The van der Waals surface area contributed by atoms with Gasteiger partial charge < -0.3 is 10.5 Å². The molecule has 1 rings (SSSR count). The second-order valence-electron chi connectivity index (χ2n) is 3.49. The Morgan fingerprint density at radius 3 is 2.62 bits per heavy atom. The Balaban J connectivity index is 2.44. The van der Waals surface area contributed by atoms with Gasteiger partial charge in [0.2, 0.25) is 0 Å². The first kappa shape index (κ1) is 14.0. The Hall–Kier alpha value is -0.0300. The van der Waals surface area contributed by atoms with E-state index < -0.39 is 0 Å². The molecule has 4 heteroatoms. The Morgan fingerprint density at radius 2 is 2.06 bits per heavy atom. The lowest BCUT2D eigenvalue weighted by Crippen LogP contribution is -2.10. The number of benzene rings is 1. The van der Waals surface area contributed by atoms with E-state index in [1.54, 1.807) is 7.11 Å². The molecule has 1 aromatic carbocycles. The van der Waals surface area contributed by atoms with E-state index >= 15 is 0 Å². The van der Waals surface area contributed by atoms with Crippen molar-refractivity contribution in [3.05, 3.63) is 34.3 Å².